The van der Waals surface area contributed by atoms with Crippen molar-refractivity contribution in [3.05, 3.63) is 35.9 Å². The van der Waals surface area contributed by atoms with Crippen molar-refractivity contribution in [1.82, 2.24) is 4.90 Å². The number of aliphatic hydroxyl groups is 1. The average molecular weight is 248 g/mol. The maximum absolute atomic E-state index is 10.0. The Morgan fingerprint density at radius 2 is 2.12 bits per heavy atom. The van der Waals surface area contributed by atoms with Gasteiger partial charge in [-0.05, 0) is 5.56 Å². The molecule has 0 saturated carbocycles. The Balaban J connectivity index is 2.00. The van der Waals surface area contributed by atoms with Gasteiger partial charge in [-0.1, -0.05) is 49.0 Å². The molecule has 3 atom stereocenters. The Hall–Kier alpha value is -1.00. The van der Waals surface area contributed by atoms with Gasteiger partial charge < -0.3 is 10.0 Å². The number of aliphatic imine (C=N–C) groups is 1. The van der Waals surface area contributed by atoms with Gasteiger partial charge in [-0.2, -0.15) is 0 Å². The van der Waals surface area contributed by atoms with Gasteiger partial charge in [0.05, 0.1) is 6.04 Å². The van der Waals surface area contributed by atoms with Gasteiger partial charge in [0, 0.05) is 18.2 Å². The molecule has 3 nitrogen and oxygen atoms in total. The third kappa shape index (κ3) is 1.85. The van der Waals surface area contributed by atoms with Crippen LogP contribution in [0.25, 0.3) is 0 Å². The SMILES string of the molecule is CC1C(O)N=C2SCCN2C1c1ccccc1. The van der Waals surface area contributed by atoms with Gasteiger partial charge in [0.15, 0.2) is 11.4 Å². The molecule has 3 rings (SSSR count). The van der Waals surface area contributed by atoms with Crippen LogP contribution >= 0.6 is 11.8 Å². The van der Waals surface area contributed by atoms with Crippen LogP contribution in [0.5, 0.6) is 0 Å². The zero-order valence-electron chi connectivity index (χ0n) is 9.78. The molecule has 3 unspecified atom stereocenters. The first kappa shape index (κ1) is 11.1. The van der Waals surface area contributed by atoms with Crippen LogP contribution in [0.4, 0.5) is 0 Å². The smallest absolute Gasteiger partial charge is 0.162 e. The first-order valence-corrected chi connectivity index (χ1v) is 6.96. The fourth-order valence-electron chi connectivity index (χ4n) is 2.59. The Labute approximate surface area is 106 Å². The van der Waals surface area contributed by atoms with Gasteiger partial charge in [-0.25, -0.2) is 4.99 Å². The summed E-state index contributed by atoms with van der Waals surface area (Å²) in [6.45, 7) is 3.10. The van der Waals surface area contributed by atoms with Crippen molar-refractivity contribution in [3.8, 4) is 0 Å². The molecule has 0 aromatic heterocycles. The molecule has 0 bridgehead atoms. The zero-order valence-corrected chi connectivity index (χ0v) is 10.6. The van der Waals surface area contributed by atoms with E-state index in [4.69, 9.17) is 0 Å². The molecule has 17 heavy (non-hydrogen) atoms. The summed E-state index contributed by atoms with van der Waals surface area (Å²) in [6.07, 6.45) is -0.572. The second-order valence-electron chi connectivity index (χ2n) is 4.58. The van der Waals surface area contributed by atoms with Crippen molar-refractivity contribution in [1.29, 1.82) is 0 Å². The van der Waals surface area contributed by atoms with E-state index in [9.17, 15) is 5.11 Å². The monoisotopic (exact) mass is 248 g/mol. The van der Waals surface area contributed by atoms with E-state index in [2.05, 4.69) is 41.1 Å². The van der Waals surface area contributed by atoms with Crippen LogP contribution in [0.1, 0.15) is 18.5 Å². The van der Waals surface area contributed by atoms with E-state index in [1.54, 1.807) is 11.8 Å². The highest BCUT2D eigenvalue weighted by atomic mass is 32.2. The number of aliphatic hydroxyl groups excluding tert-OH is 1. The fourth-order valence-corrected chi connectivity index (χ4v) is 3.62. The molecule has 90 valence electrons. The van der Waals surface area contributed by atoms with Crippen molar-refractivity contribution in [2.75, 3.05) is 12.3 Å². The molecule has 1 N–H and O–H groups in total. The van der Waals surface area contributed by atoms with Crippen molar-refractivity contribution in [2.24, 2.45) is 10.9 Å². The highest BCUT2D eigenvalue weighted by Crippen LogP contribution is 2.39. The zero-order chi connectivity index (χ0) is 11.8. The lowest BCUT2D eigenvalue weighted by atomic mass is 9.91. The summed E-state index contributed by atoms with van der Waals surface area (Å²) in [5.41, 5.74) is 1.27. The predicted molar refractivity (Wildman–Crippen MR) is 71.0 cm³/mol. The van der Waals surface area contributed by atoms with Crippen LogP contribution in [0.2, 0.25) is 0 Å². The van der Waals surface area contributed by atoms with E-state index in [1.807, 2.05) is 6.07 Å². The number of rotatable bonds is 1. The highest BCUT2D eigenvalue weighted by molar-refractivity contribution is 8.14. The average Bonchev–Trinajstić information content (AvgIpc) is 2.79. The van der Waals surface area contributed by atoms with Crippen LogP contribution in [0.15, 0.2) is 35.3 Å². The third-order valence-corrected chi connectivity index (χ3v) is 4.48. The summed E-state index contributed by atoms with van der Waals surface area (Å²) >= 11 is 1.75. The lowest BCUT2D eigenvalue weighted by Gasteiger charge is -2.39. The second-order valence-corrected chi connectivity index (χ2v) is 5.64. The summed E-state index contributed by atoms with van der Waals surface area (Å²) in [7, 11) is 0. The molecule has 4 heteroatoms. The highest BCUT2D eigenvalue weighted by Gasteiger charge is 2.39. The fraction of sp³-hybridized carbons (Fsp3) is 0.462. The maximum Gasteiger partial charge on any atom is 0.162 e. The van der Waals surface area contributed by atoms with Gasteiger partial charge >= 0.3 is 0 Å². The minimum atomic E-state index is -0.572. The van der Waals surface area contributed by atoms with Crippen molar-refractivity contribution >= 4 is 16.9 Å². The Morgan fingerprint density at radius 1 is 1.35 bits per heavy atom. The topological polar surface area (TPSA) is 35.8 Å². The number of nitrogens with zero attached hydrogens (tertiary/aromatic N) is 2. The molecule has 0 aliphatic carbocycles. The van der Waals surface area contributed by atoms with Crippen molar-refractivity contribution in [3.63, 3.8) is 0 Å². The van der Waals surface area contributed by atoms with E-state index in [0.29, 0.717) is 0 Å². The van der Waals surface area contributed by atoms with E-state index in [-0.39, 0.29) is 12.0 Å². The minimum Gasteiger partial charge on any atom is -0.371 e. The summed E-state index contributed by atoms with van der Waals surface area (Å²) in [5.74, 6) is 1.21. The lowest BCUT2D eigenvalue weighted by molar-refractivity contribution is 0.0628. The van der Waals surface area contributed by atoms with Gasteiger partial charge in [-0.3, -0.25) is 0 Å². The largest absolute Gasteiger partial charge is 0.371 e. The number of thioether (sulfide) groups is 1. The molecule has 1 saturated heterocycles. The minimum absolute atomic E-state index is 0.139. The number of fused-ring (bicyclic) bond motifs is 1. The number of amidine groups is 1. The van der Waals surface area contributed by atoms with Crippen LogP contribution in [0, 0.1) is 5.92 Å². The van der Waals surface area contributed by atoms with E-state index in [0.717, 1.165) is 17.5 Å². The number of hydrogen-bond acceptors (Lipinski definition) is 4. The normalized spacial score (nSPS) is 32.2. The Kier molecular flexibility index (Phi) is 2.84. The van der Waals surface area contributed by atoms with Gasteiger partial charge in [0.2, 0.25) is 0 Å². The number of benzene rings is 1. The van der Waals surface area contributed by atoms with Crippen LogP contribution in [-0.2, 0) is 0 Å². The lowest BCUT2D eigenvalue weighted by Crippen LogP contribution is -2.42. The molecular formula is C13H16N2OS. The summed E-state index contributed by atoms with van der Waals surface area (Å²) in [4.78, 5) is 6.69. The van der Waals surface area contributed by atoms with Crippen molar-refractivity contribution < 1.29 is 5.11 Å². The summed E-state index contributed by atoms with van der Waals surface area (Å²) in [5, 5.41) is 11.0. The van der Waals surface area contributed by atoms with Gasteiger partial charge in [0.25, 0.3) is 0 Å². The maximum atomic E-state index is 10.0. The predicted octanol–water partition coefficient (Wildman–Crippen LogP) is 2.10. The van der Waals surface area contributed by atoms with Crippen LogP contribution in [-0.4, -0.2) is 33.7 Å². The van der Waals surface area contributed by atoms with E-state index in [1.165, 1.54) is 5.56 Å². The standard InChI is InChI=1S/C13H16N2OS/c1-9-11(10-5-3-2-4-6-10)15-7-8-17-13(15)14-12(9)16/h2-6,9,11-12,16H,7-8H2,1H3. The Morgan fingerprint density at radius 3 is 2.88 bits per heavy atom. The molecule has 0 spiro atoms. The number of hydrogen-bond donors (Lipinski definition) is 1. The Bertz CT molecular complexity index is 434. The third-order valence-electron chi connectivity index (χ3n) is 3.50. The quantitative estimate of drug-likeness (QED) is 0.826. The molecule has 0 radical (unpaired) electrons. The van der Waals surface area contributed by atoms with Crippen LogP contribution in [0.3, 0.4) is 0 Å². The first-order chi connectivity index (χ1) is 8.27. The van der Waals surface area contributed by atoms with E-state index < -0.39 is 6.23 Å². The first-order valence-electron chi connectivity index (χ1n) is 5.97. The van der Waals surface area contributed by atoms with Crippen molar-refractivity contribution in [2.45, 2.75) is 19.2 Å². The van der Waals surface area contributed by atoms with Gasteiger partial charge in [0.1, 0.15) is 0 Å². The van der Waals surface area contributed by atoms with Crippen LogP contribution < -0.4 is 0 Å². The second kappa shape index (κ2) is 4.35. The molecule has 2 aliphatic rings. The molecule has 2 heterocycles. The van der Waals surface area contributed by atoms with Gasteiger partial charge in [-0.15, -0.1) is 0 Å². The molecular weight excluding hydrogens is 232 g/mol. The summed E-state index contributed by atoms with van der Waals surface area (Å²) < 4.78 is 0. The molecule has 1 aromatic rings. The molecule has 1 aromatic carbocycles. The molecule has 0 amide bonds. The van der Waals surface area contributed by atoms with E-state index >= 15 is 0 Å². The molecule has 1 fully saturated rings. The molecule has 2 aliphatic heterocycles. The summed E-state index contributed by atoms with van der Waals surface area (Å²) in [6, 6.07) is 10.7.